The number of aromatic hydroxyl groups is 1. The molecule has 0 aliphatic rings. The fourth-order valence-electron chi connectivity index (χ4n) is 2.20. The van der Waals surface area contributed by atoms with E-state index < -0.39 is 27.1 Å². The summed E-state index contributed by atoms with van der Waals surface area (Å²) in [7, 11) is 0. The Morgan fingerprint density at radius 1 is 1.19 bits per heavy atom. The van der Waals surface area contributed by atoms with Crippen molar-refractivity contribution in [2.75, 3.05) is 0 Å². The number of carbonyl (C=O) groups excluding carboxylic acids is 1. The van der Waals surface area contributed by atoms with Crippen molar-refractivity contribution in [3.63, 3.8) is 0 Å². The van der Waals surface area contributed by atoms with Gasteiger partial charge in [-0.15, -0.1) is 6.58 Å². The lowest BCUT2D eigenvalue weighted by atomic mass is 10.1. The number of nitrogens with one attached hydrogen (secondary N) is 1. The Hall–Kier alpha value is -4.08. The zero-order chi connectivity index (χ0) is 20.0. The van der Waals surface area contributed by atoms with Crippen LogP contribution in [0.1, 0.15) is 21.5 Å². The van der Waals surface area contributed by atoms with E-state index in [1.807, 2.05) is 0 Å². The summed E-state index contributed by atoms with van der Waals surface area (Å²) in [6.07, 6.45) is 3.25. The molecule has 2 aromatic carbocycles. The molecule has 0 unspecified atom stereocenters. The second-order valence-corrected chi connectivity index (χ2v) is 5.30. The molecule has 2 rings (SSSR count). The number of hydrazone groups is 1. The third-order valence-corrected chi connectivity index (χ3v) is 3.47. The number of nitrogens with zero attached hydrogens (tertiary/aromatic N) is 3. The molecule has 10 nitrogen and oxygen atoms in total. The number of allylic oxidation sites excluding steroid dienone is 1. The topological polar surface area (TPSA) is 148 Å². The summed E-state index contributed by atoms with van der Waals surface area (Å²) in [4.78, 5) is 32.1. The molecule has 2 N–H and O–H groups in total. The molecule has 0 fully saturated rings. The van der Waals surface area contributed by atoms with Crippen molar-refractivity contribution in [2.45, 2.75) is 6.42 Å². The minimum absolute atomic E-state index is 0.0265. The average Bonchev–Trinajstić information content (AvgIpc) is 2.64. The zero-order valence-electron chi connectivity index (χ0n) is 13.9. The van der Waals surface area contributed by atoms with E-state index in [-0.39, 0.29) is 11.3 Å². The number of non-ortho nitro benzene ring substituents is 2. The minimum atomic E-state index is -0.875. The Morgan fingerprint density at radius 2 is 1.81 bits per heavy atom. The molecule has 0 spiro atoms. The number of hydrogen-bond acceptors (Lipinski definition) is 7. The number of nitro benzene ring substituents is 2. The number of rotatable bonds is 7. The second-order valence-electron chi connectivity index (χ2n) is 5.30. The molecule has 0 saturated carbocycles. The molecule has 0 saturated heterocycles. The van der Waals surface area contributed by atoms with Crippen LogP contribution in [0.4, 0.5) is 11.4 Å². The Labute approximate surface area is 152 Å². The number of nitro groups is 2. The summed E-state index contributed by atoms with van der Waals surface area (Å²) < 4.78 is 0. The van der Waals surface area contributed by atoms with Gasteiger partial charge in [-0.3, -0.25) is 25.0 Å². The lowest BCUT2D eigenvalue weighted by Gasteiger charge is -2.05. The van der Waals surface area contributed by atoms with Crippen LogP contribution in [0.5, 0.6) is 5.75 Å². The van der Waals surface area contributed by atoms with E-state index in [4.69, 9.17) is 0 Å². The standard InChI is InChI=1S/C17H14N4O6/c1-2-4-11-5-3-6-12(16(11)22)10-18-19-17(23)13-7-14(20(24)25)9-15(8-13)21(26)27/h2-3,5-10,22H,1,4H2,(H,19,23)/b18-10-. The van der Waals surface area contributed by atoms with Crippen LogP contribution >= 0.6 is 0 Å². The van der Waals surface area contributed by atoms with E-state index in [1.54, 1.807) is 24.3 Å². The van der Waals surface area contributed by atoms with E-state index >= 15 is 0 Å². The number of hydrogen-bond donors (Lipinski definition) is 2. The first-order valence-corrected chi connectivity index (χ1v) is 7.52. The van der Waals surface area contributed by atoms with E-state index in [0.717, 1.165) is 18.2 Å². The lowest BCUT2D eigenvalue weighted by molar-refractivity contribution is -0.394. The highest BCUT2D eigenvalue weighted by atomic mass is 16.6. The molecule has 0 bridgehead atoms. The van der Waals surface area contributed by atoms with Gasteiger partial charge in [0.15, 0.2) is 0 Å². The molecular formula is C17H14N4O6. The molecule has 0 aliphatic carbocycles. The van der Waals surface area contributed by atoms with Crippen LogP contribution in [0.2, 0.25) is 0 Å². The van der Waals surface area contributed by atoms with Crippen LogP contribution in [0.15, 0.2) is 54.2 Å². The van der Waals surface area contributed by atoms with Gasteiger partial charge >= 0.3 is 0 Å². The Bertz CT molecular complexity index is 922. The summed E-state index contributed by atoms with van der Waals surface area (Å²) >= 11 is 0. The van der Waals surface area contributed by atoms with Gasteiger partial charge in [0.25, 0.3) is 17.3 Å². The van der Waals surface area contributed by atoms with Crippen LogP contribution in [-0.4, -0.2) is 27.1 Å². The molecule has 0 radical (unpaired) electrons. The van der Waals surface area contributed by atoms with Gasteiger partial charge in [-0.2, -0.15) is 5.10 Å². The maximum atomic E-state index is 12.1. The molecule has 1 amide bonds. The number of carbonyl (C=O) groups is 1. The molecule has 10 heteroatoms. The van der Waals surface area contributed by atoms with Gasteiger partial charge in [-0.05, 0) is 18.1 Å². The first kappa shape index (κ1) is 19.2. The quantitative estimate of drug-likeness (QED) is 0.331. The van der Waals surface area contributed by atoms with Crippen molar-refractivity contribution in [1.82, 2.24) is 5.43 Å². The van der Waals surface area contributed by atoms with Crippen LogP contribution < -0.4 is 5.43 Å². The summed E-state index contributed by atoms with van der Waals surface area (Å²) in [6, 6.07) is 7.51. The zero-order valence-corrected chi connectivity index (χ0v) is 13.9. The maximum absolute atomic E-state index is 12.1. The van der Waals surface area contributed by atoms with E-state index in [9.17, 15) is 30.1 Å². The number of phenolic OH excluding ortho intramolecular Hbond substituents is 1. The SMILES string of the molecule is C=CCc1cccc(/C=N\NC(=O)c2cc([N+](=O)[O-])cc([N+](=O)[O-])c2)c1O. The Balaban J connectivity index is 2.22. The van der Waals surface area contributed by atoms with Crippen LogP contribution in [0.3, 0.4) is 0 Å². The first-order valence-electron chi connectivity index (χ1n) is 7.52. The van der Waals surface area contributed by atoms with Crippen LogP contribution in [0, 0.1) is 20.2 Å². The van der Waals surface area contributed by atoms with Crippen molar-refractivity contribution in [3.05, 3.63) is 86.0 Å². The molecule has 0 aromatic heterocycles. The van der Waals surface area contributed by atoms with Gasteiger partial charge in [0, 0.05) is 17.7 Å². The van der Waals surface area contributed by atoms with Gasteiger partial charge < -0.3 is 5.11 Å². The van der Waals surface area contributed by atoms with Gasteiger partial charge in [0.05, 0.1) is 27.7 Å². The third kappa shape index (κ3) is 4.72. The molecule has 0 aliphatic heterocycles. The molecular weight excluding hydrogens is 356 g/mol. The average molecular weight is 370 g/mol. The number of phenols is 1. The van der Waals surface area contributed by atoms with E-state index in [2.05, 4.69) is 17.1 Å². The van der Waals surface area contributed by atoms with Crippen LogP contribution in [0.25, 0.3) is 0 Å². The lowest BCUT2D eigenvalue weighted by Crippen LogP contribution is -2.18. The van der Waals surface area contributed by atoms with Gasteiger partial charge in [-0.25, -0.2) is 5.43 Å². The second kappa shape index (κ2) is 8.34. The maximum Gasteiger partial charge on any atom is 0.277 e. The summed E-state index contributed by atoms with van der Waals surface area (Å²) in [6.45, 7) is 3.59. The summed E-state index contributed by atoms with van der Waals surface area (Å²) in [5, 5.41) is 35.5. The molecule has 27 heavy (non-hydrogen) atoms. The van der Waals surface area contributed by atoms with E-state index in [1.165, 1.54) is 6.21 Å². The predicted octanol–water partition coefficient (Wildman–Crippen LogP) is 2.70. The highest BCUT2D eigenvalue weighted by molar-refractivity contribution is 5.96. The minimum Gasteiger partial charge on any atom is -0.507 e. The molecule has 2 aromatic rings. The largest absolute Gasteiger partial charge is 0.507 e. The predicted molar refractivity (Wildman–Crippen MR) is 96.8 cm³/mol. The fraction of sp³-hybridized carbons (Fsp3) is 0.0588. The number of benzene rings is 2. The smallest absolute Gasteiger partial charge is 0.277 e. The van der Waals surface area contributed by atoms with Crippen LogP contribution in [-0.2, 0) is 6.42 Å². The number of amides is 1. The summed E-state index contributed by atoms with van der Waals surface area (Å²) in [5.41, 5.74) is 1.59. The highest BCUT2D eigenvalue weighted by Gasteiger charge is 2.19. The Morgan fingerprint density at radius 3 is 2.37 bits per heavy atom. The first-order chi connectivity index (χ1) is 12.8. The van der Waals surface area contributed by atoms with Crippen molar-refractivity contribution in [3.8, 4) is 5.75 Å². The number of para-hydroxylation sites is 1. The van der Waals surface area contributed by atoms with Gasteiger partial charge in [0.1, 0.15) is 5.75 Å². The Kier molecular flexibility index (Phi) is 5.94. The molecule has 0 atom stereocenters. The van der Waals surface area contributed by atoms with Crippen molar-refractivity contribution < 1.29 is 19.7 Å². The fourth-order valence-corrected chi connectivity index (χ4v) is 2.20. The van der Waals surface area contributed by atoms with Gasteiger partial charge in [0.2, 0.25) is 0 Å². The molecule has 0 heterocycles. The third-order valence-electron chi connectivity index (χ3n) is 3.47. The van der Waals surface area contributed by atoms with Crippen molar-refractivity contribution >= 4 is 23.5 Å². The monoisotopic (exact) mass is 370 g/mol. The normalized spacial score (nSPS) is 10.5. The molecule has 138 valence electrons. The van der Waals surface area contributed by atoms with Crippen molar-refractivity contribution in [2.24, 2.45) is 5.10 Å². The van der Waals surface area contributed by atoms with Crippen molar-refractivity contribution in [1.29, 1.82) is 0 Å². The van der Waals surface area contributed by atoms with E-state index in [0.29, 0.717) is 17.5 Å². The van der Waals surface area contributed by atoms with Gasteiger partial charge in [-0.1, -0.05) is 18.2 Å². The highest BCUT2D eigenvalue weighted by Crippen LogP contribution is 2.23. The summed E-state index contributed by atoms with van der Waals surface area (Å²) in [5.74, 6) is -0.902.